The molecule has 2 aromatic carbocycles. The lowest BCUT2D eigenvalue weighted by atomic mass is 9.89. The molecular weight excluding hydrogens is 490 g/mol. The monoisotopic (exact) mass is 512 g/mol. The van der Waals surface area contributed by atoms with Gasteiger partial charge in [0.25, 0.3) is 5.91 Å². The van der Waals surface area contributed by atoms with Gasteiger partial charge in [-0.05, 0) is 79.6 Å². The van der Waals surface area contributed by atoms with Crippen molar-refractivity contribution in [3.8, 4) is 5.69 Å². The summed E-state index contributed by atoms with van der Waals surface area (Å²) in [7, 11) is 0. The molecule has 0 unspecified atom stereocenters. The summed E-state index contributed by atoms with van der Waals surface area (Å²) in [6.07, 6.45) is 6.28. The van der Waals surface area contributed by atoms with Crippen LogP contribution in [0.3, 0.4) is 0 Å². The summed E-state index contributed by atoms with van der Waals surface area (Å²) in [5.74, 6) is -0.834. The normalized spacial score (nSPS) is 16.9. The van der Waals surface area contributed by atoms with Crippen molar-refractivity contribution in [2.45, 2.75) is 38.5 Å². The molecule has 1 aliphatic heterocycles. The lowest BCUT2D eigenvalue weighted by Crippen LogP contribution is -2.48. The van der Waals surface area contributed by atoms with Gasteiger partial charge in [0.15, 0.2) is 5.69 Å². The highest BCUT2D eigenvalue weighted by atomic mass is 35.5. The fraction of sp³-hybridized carbons (Fsp3) is 0.269. The molecule has 1 aliphatic carbocycles. The highest BCUT2D eigenvalue weighted by molar-refractivity contribution is 6.35. The SMILES string of the molecule is O=C(NN1CCCCC1=O)c1nn(-c2ccc(Cl)cc2Cl)c2c1CCCC2=Cc1ccc(F)cc1. The van der Waals surface area contributed by atoms with E-state index in [0.29, 0.717) is 35.1 Å². The maximum Gasteiger partial charge on any atom is 0.290 e. The predicted octanol–water partition coefficient (Wildman–Crippen LogP) is 5.85. The van der Waals surface area contributed by atoms with Crippen LogP contribution in [0.4, 0.5) is 4.39 Å². The van der Waals surface area contributed by atoms with Crippen molar-refractivity contribution >= 4 is 46.7 Å². The molecule has 1 fully saturated rings. The summed E-state index contributed by atoms with van der Waals surface area (Å²) < 4.78 is 15.1. The van der Waals surface area contributed by atoms with E-state index in [4.69, 9.17) is 23.2 Å². The Morgan fingerprint density at radius 2 is 1.83 bits per heavy atom. The summed E-state index contributed by atoms with van der Waals surface area (Å²) in [4.78, 5) is 25.6. The van der Waals surface area contributed by atoms with E-state index >= 15 is 0 Å². The number of rotatable bonds is 4. The molecule has 1 N–H and O–H groups in total. The Bertz CT molecular complexity index is 1330. The number of hydrogen-bond donors (Lipinski definition) is 1. The summed E-state index contributed by atoms with van der Waals surface area (Å²) in [6.45, 7) is 0.478. The minimum Gasteiger partial charge on any atom is -0.273 e. The number of amides is 2. The molecule has 1 saturated heterocycles. The third-order valence-electron chi connectivity index (χ3n) is 6.28. The smallest absolute Gasteiger partial charge is 0.273 e. The molecule has 9 heteroatoms. The maximum absolute atomic E-state index is 13.4. The average Bonchev–Trinajstić information content (AvgIpc) is 3.23. The molecule has 0 bridgehead atoms. The first kappa shape index (κ1) is 23.6. The highest BCUT2D eigenvalue weighted by Gasteiger charge is 2.30. The second kappa shape index (κ2) is 9.84. The van der Waals surface area contributed by atoms with E-state index < -0.39 is 5.91 Å². The van der Waals surface area contributed by atoms with E-state index in [-0.39, 0.29) is 17.4 Å². The van der Waals surface area contributed by atoms with Gasteiger partial charge in [0, 0.05) is 23.6 Å². The van der Waals surface area contributed by atoms with Crippen LogP contribution in [0.15, 0.2) is 42.5 Å². The van der Waals surface area contributed by atoms with E-state index in [1.165, 1.54) is 17.1 Å². The zero-order valence-corrected chi connectivity index (χ0v) is 20.4. The Morgan fingerprint density at radius 1 is 1.03 bits per heavy atom. The number of benzene rings is 2. The minimum atomic E-state index is -0.427. The third-order valence-corrected chi connectivity index (χ3v) is 6.82. The van der Waals surface area contributed by atoms with E-state index in [1.807, 2.05) is 6.08 Å². The van der Waals surface area contributed by atoms with Gasteiger partial charge >= 0.3 is 0 Å². The summed E-state index contributed by atoms with van der Waals surface area (Å²) in [5, 5.41) is 6.95. The topological polar surface area (TPSA) is 67.2 Å². The van der Waals surface area contributed by atoms with Crippen molar-refractivity contribution in [1.29, 1.82) is 0 Å². The molecule has 2 amide bonds. The number of allylic oxidation sites excluding steroid dienone is 1. The predicted molar refractivity (Wildman–Crippen MR) is 134 cm³/mol. The van der Waals surface area contributed by atoms with Gasteiger partial charge in [-0.3, -0.25) is 20.0 Å². The number of piperidine rings is 1. The van der Waals surface area contributed by atoms with Gasteiger partial charge in [-0.25, -0.2) is 9.07 Å². The molecule has 6 nitrogen and oxygen atoms in total. The lowest BCUT2D eigenvalue weighted by molar-refractivity contribution is -0.135. The zero-order valence-electron chi connectivity index (χ0n) is 18.9. The van der Waals surface area contributed by atoms with Gasteiger partial charge in [0.1, 0.15) is 5.82 Å². The summed E-state index contributed by atoms with van der Waals surface area (Å²) in [5.41, 5.74) is 6.97. The Balaban J connectivity index is 1.62. The number of nitrogens with zero attached hydrogens (tertiary/aromatic N) is 3. The van der Waals surface area contributed by atoms with Crippen LogP contribution in [0.5, 0.6) is 0 Å². The molecule has 0 radical (unpaired) electrons. The molecule has 0 saturated carbocycles. The van der Waals surface area contributed by atoms with Crippen molar-refractivity contribution in [2.75, 3.05) is 6.54 Å². The number of hydrazine groups is 1. The van der Waals surface area contributed by atoms with E-state index in [1.54, 1.807) is 35.0 Å². The quantitative estimate of drug-likeness (QED) is 0.476. The van der Waals surface area contributed by atoms with Crippen LogP contribution in [0, 0.1) is 5.82 Å². The number of nitrogens with one attached hydrogen (secondary N) is 1. The van der Waals surface area contributed by atoms with Gasteiger partial charge in [0.05, 0.1) is 16.4 Å². The summed E-state index contributed by atoms with van der Waals surface area (Å²) >= 11 is 12.7. The number of hydrogen-bond acceptors (Lipinski definition) is 3. The summed E-state index contributed by atoms with van der Waals surface area (Å²) in [6, 6.07) is 11.4. The van der Waals surface area contributed by atoms with Crippen molar-refractivity contribution in [3.05, 3.63) is 80.8 Å². The molecule has 180 valence electrons. The lowest BCUT2D eigenvalue weighted by Gasteiger charge is -2.26. The fourth-order valence-electron chi connectivity index (χ4n) is 4.60. The first-order valence-corrected chi connectivity index (χ1v) is 12.3. The number of carbonyl (C=O) groups excluding carboxylic acids is 2. The van der Waals surface area contributed by atoms with E-state index in [9.17, 15) is 14.0 Å². The first-order valence-electron chi connectivity index (χ1n) is 11.6. The average molecular weight is 513 g/mol. The first-order chi connectivity index (χ1) is 16.9. The van der Waals surface area contributed by atoms with Gasteiger partial charge < -0.3 is 0 Å². The van der Waals surface area contributed by atoms with Crippen LogP contribution in [0.2, 0.25) is 10.0 Å². The molecule has 1 aromatic heterocycles. The van der Waals surface area contributed by atoms with Crippen LogP contribution >= 0.6 is 23.2 Å². The van der Waals surface area contributed by atoms with Gasteiger partial charge in [-0.1, -0.05) is 35.3 Å². The highest BCUT2D eigenvalue weighted by Crippen LogP contribution is 2.37. The van der Waals surface area contributed by atoms with Gasteiger partial charge in [-0.2, -0.15) is 5.10 Å². The van der Waals surface area contributed by atoms with Crippen molar-refractivity contribution < 1.29 is 14.0 Å². The maximum atomic E-state index is 13.4. The van der Waals surface area contributed by atoms with E-state index in [2.05, 4.69) is 10.5 Å². The molecule has 2 aliphatic rings. The zero-order chi connectivity index (χ0) is 24.5. The molecular formula is C26H23Cl2FN4O2. The second-order valence-electron chi connectivity index (χ2n) is 8.70. The van der Waals surface area contributed by atoms with Crippen LogP contribution in [-0.4, -0.2) is 33.1 Å². The van der Waals surface area contributed by atoms with Crippen molar-refractivity contribution in [2.24, 2.45) is 0 Å². The largest absolute Gasteiger partial charge is 0.290 e. The van der Waals surface area contributed by atoms with Gasteiger partial charge in [-0.15, -0.1) is 0 Å². The van der Waals surface area contributed by atoms with Gasteiger partial charge in [0.2, 0.25) is 5.91 Å². The number of aromatic nitrogens is 2. The Morgan fingerprint density at radius 3 is 2.57 bits per heavy atom. The van der Waals surface area contributed by atoms with Crippen LogP contribution in [0.25, 0.3) is 17.3 Å². The second-order valence-corrected chi connectivity index (χ2v) is 9.55. The molecule has 35 heavy (non-hydrogen) atoms. The van der Waals surface area contributed by atoms with E-state index in [0.717, 1.165) is 48.1 Å². The number of carbonyl (C=O) groups is 2. The molecule has 3 aromatic rings. The number of fused-ring (bicyclic) bond motifs is 1. The molecule has 2 heterocycles. The standard InChI is InChI=1S/C26H23Cl2FN4O2/c27-18-9-12-22(21(28)15-18)33-25-17(14-16-7-10-19(29)11-8-16)4-3-5-20(25)24(30-33)26(35)31-32-13-2-1-6-23(32)34/h7-12,14-15H,1-6,13H2,(H,31,35). The third kappa shape index (κ3) is 4.83. The Hall–Kier alpha value is -3.16. The van der Waals surface area contributed by atoms with Crippen molar-refractivity contribution in [3.63, 3.8) is 0 Å². The minimum absolute atomic E-state index is 0.101. The molecule has 5 rings (SSSR count). The Kier molecular flexibility index (Phi) is 6.62. The molecule has 0 spiro atoms. The van der Waals surface area contributed by atoms with Crippen LogP contribution < -0.4 is 5.43 Å². The van der Waals surface area contributed by atoms with Crippen LogP contribution in [0.1, 0.15) is 59.4 Å². The molecule has 0 atom stereocenters. The van der Waals surface area contributed by atoms with Crippen LogP contribution in [-0.2, 0) is 11.2 Å². The van der Waals surface area contributed by atoms with Crippen molar-refractivity contribution in [1.82, 2.24) is 20.2 Å². The Labute approximate surface area is 212 Å². The number of halogens is 3. The fourth-order valence-corrected chi connectivity index (χ4v) is 5.09.